The fraction of sp³-hybridized carbons (Fsp3) is 0.444. The Morgan fingerprint density at radius 3 is 2.48 bits per heavy atom. The minimum absolute atomic E-state index is 0.397. The molecule has 0 saturated heterocycles. The maximum absolute atomic E-state index is 11.6. The Hall–Kier alpha value is -1.16. The molecule has 0 heterocycles. The van der Waals surface area contributed by atoms with Gasteiger partial charge in [0, 0.05) is 0 Å². The predicted molar refractivity (Wildman–Crippen MR) is 85.6 cm³/mol. The van der Waals surface area contributed by atoms with E-state index in [4.69, 9.17) is 7.38 Å². The molecule has 0 saturated carbocycles. The number of rotatable bonds is 10. The second-order valence-corrected chi connectivity index (χ2v) is 10.9. The molecule has 5 heteroatoms. The molecule has 0 aliphatic rings. The number of carbonyl (C=O) groups excluding carboxylic acids is 2. The van der Waals surface area contributed by atoms with Crippen molar-refractivity contribution in [3.63, 3.8) is 0 Å². The van der Waals surface area contributed by atoms with E-state index < -0.39 is 37.0 Å². The van der Waals surface area contributed by atoms with Crippen LogP contribution in [-0.4, -0.2) is 18.5 Å². The number of benzene rings is 1. The SMILES string of the molecule is CCCCC(CC)COC(=O)/C=C/C(=O)[O][Hg][c]1ccccc1. The fourth-order valence-corrected chi connectivity index (χ4v) is 5.44. The molecule has 1 unspecified atom stereocenters. The standard InChI is InChI=1S/C12H20O4.C6H5.Hg/c1-3-5-6-10(4-2)9-16-12(15)8-7-11(13)14;1-2-4-6-5-3-1;/h7-8,10H,3-6,9H2,1-2H3,(H,13,14);1-5H;/q;;+1/p-1/b8-7+;;. The summed E-state index contributed by atoms with van der Waals surface area (Å²) in [4.78, 5) is 23.2. The molecule has 0 fully saturated rings. The number of hydrogen-bond acceptors (Lipinski definition) is 4. The Labute approximate surface area is 151 Å². The Balaban J connectivity index is 2.26. The summed E-state index contributed by atoms with van der Waals surface area (Å²) in [6.07, 6.45) is 6.67. The summed E-state index contributed by atoms with van der Waals surface area (Å²) in [5.41, 5.74) is 0. The van der Waals surface area contributed by atoms with E-state index in [9.17, 15) is 9.59 Å². The average molecular weight is 505 g/mol. The first kappa shape index (κ1) is 19.9. The number of hydrogen-bond donors (Lipinski definition) is 0. The van der Waals surface area contributed by atoms with Gasteiger partial charge in [-0.3, -0.25) is 0 Å². The van der Waals surface area contributed by atoms with Gasteiger partial charge in [0.2, 0.25) is 0 Å². The molecule has 4 nitrogen and oxygen atoms in total. The van der Waals surface area contributed by atoms with Gasteiger partial charge in [0.1, 0.15) is 0 Å². The quantitative estimate of drug-likeness (QED) is 0.279. The van der Waals surface area contributed by atoms with E-state index in [-0.39, 0.29) is 0 Å². The van der Waals surface area contributed by atoms with Crippen LogP contribution in [0.2, 0.25) is 0 Å². The summed E-state index contributed by atoms with van der Waals surface area (Å²) in [5, 5.41) is 0. The summed E-state index contributed by atoms with van der Waals surface area (Å²) < 4.78 is 11.6. The van der Waals surface area contributed by atoms with Crippen LogP contribution < -0.4 is 3.07 Å². The molecule has 0 radical (unpaired) electrons. The van der Waals surface area contributed by atoms with E-state index in [1.807, 2.05) is 30.3 Å². The third-order valence-corrected chi connectivity index (χ3v) is 8.38. The summed E-state index contributed by atoms with van der Waals surface area (Å²) >= 11 is -1.86. The van der Waals surface area contributed by atoms with Crippen molar-refractivity contribution in [3.05, 3.63) is 42.5 Å². The van der Waals surface area contributed by atoms with Gasteiger partial charge in [0.15, 0.2) is 0 Å². The number of ether oxygens (including phenoxy) is 1. The summed E-state index contributed by atoms with van der Waals surface area (Å²) in [6.45, 7) is 4.66. The monoisotopic (exact) mass is 506 g/mol. The maximum atomic E-state index is 11.6. The molecule has 122 valence electrons. The second kappa shape index (κ2) is 12.3. The van der Waals surface area contributed by atoms with E-state index in [1.54, 1.807) is 0 Å². The van der Waals surface area contributed by atoms with Gasteiger partial charge in [0.05, 0.1) is 0 Å². The average Bonchev–Trinajstić information content (AvgIpc) is 2.59. The molecule has 0 spiro atoms. The van der Waals surface area contributed by atoms with Crippen LogP contribution in [0.1, 0.15) is 39.5 Å². The molecule has 0 aliphatic heterocycles. The van der Waals surface area contributed by atoms with Crippen LogP contribution in [0.5, 0.6) is 0 Å². The fourth-order valence-electron chi connectivity index (χ4n) is 2.06. The minimum atomic E-state index is -1.86. The summed E-state index contributed by atoms with van der Waals surface area (Å²) in [7, 11) is 0. The molecule has 1 aromatic rings. The second-order valence-electron chi connectivity index (χ2n) is 5.47. The van der Waals surface area contributed by atoms with Crippen molar-refractivity contribution in [2.45, 2.75) is 39.5 Å². The Morgan fingerprint density at radius 1 is 1.13 bits per heavy atom. The van der Waals surface area contributed by atoms with Crippen molar-refractivity contribution < 1.29 is 42.0 Å². The van der Waals surface area contributed by atoms with E-state index in [2.05, 4.69) is 13.8 Å². The molecule has 1 aromatic carbocycles. The van der Waals surface area contributed by atoms with Gasteiger partial charge in [-0.2, -0.15) is 0 Å². The van der Waals surface area contributed by atoms with Crippen molar-refractivity contribution in [1.82, 2.24) is 0 Å². The molecule has 23 heavy (non-hydrogen) atoms. The van der Waals surface area contributed by atoms with Gasteiger partial charge in [-0.1, -0.05) is 0 Å². The van der Waals surface area contributed by atoms with Crippen LogP contribution >= 0.6 is 0 Å². The van der Waals surface area contributed by atoms with Gasteiger partial charge in [0.25, 0.3) is 0 Å². The van der Waals surface area contributed by atoms with Gasteiger partial charge >= 0.3 is 152 Å². The third kappa shape index (κ3) is 9.54. The first-order valence-electron chi connectivity index (χ1n) is 8.21. The van der Waals surface area contributed by atoms with Crippen molar-refractivity contribution >= 4 is 15.0 Å². The van der Waals surface area contributed by atoms with E-state index in [0.29, 0.717) is 12.5 Å². The number of esters is 1. The molecule has 1 atom stereocenters. The van der Waals surface area contributed by atoms with E-state index in [0.717, 1.165) is 40.9 Å². The molecule has 0 bridgehead atoms. The topological polar surface area (TPSA) is 52.6 Å². The van der Waals surface area contributed by atoms with Gasteiger partial charge < -0.3 is 0 Å². The zero-order valence-electron chi connectivity index (χ0n) is 14.0. The van der Waals surface area contributed by atoms with Crippen molar-refractivity contribution in [3.8, 4) is 0 Å². The zero-order chi connectivity index (χ0) is 16.9. The van der Waals surface area contributed by atoms with Crippen molar-refractivity contribution in [2.24, 2.45) is 5.92 Å². The van der Waals surface area contributed by atoms with Gasteiger partial charge in [-0.05, 0) is 0 Å². The van der Waals surface area contributed by atoms with Gasteiger partial charge in [-0.25, -0.2) is 0 Å². The molecule has 0 aromatic heterocycles. The predicted octanol–water partition coefficient (Wildman–Crippen LogP) is 3.17. The van der Waals surface area contributed by atoms with Crippen LogP contribution in [0, 0.1) is 5.92 Å². The van der Waals surface area contributed by atoms with Crippen LogP contribution in [-0.2, 0) is 42.0 Å². The van der Waals surface area contributed by atoms with Crippen LogP contribution in [0.3, 0.4) is 0 Å². The van der Waals surface area contributed by atoms with Crippen LogP contribution in [0.4, 0.5) is 0 Å². The van der Waals surface area contributed by atoms with Crippen molar-refractivity contribution in [1.29, 1.82) is 0 Å². The third-order valence-electron chi connectivity index (χ3n) is 3.58. The van der Waals surface area contributed by atoms with Crippen LogP contribution in [0.25, 0.3) is 0 Å². The molecule has 1 rings (SSSR count). The normalized spacial score (nSPS) is 11.7. The molecule has 0 amide bonds. The first-order valence-corrected chi connectivity index (χ1v) is 13.2. The van der Waals surface area contributed by atoms with Crippen molar-refractivity contribution in [2.75, 3.05) is 6.61 Å². The zero-order valence-corrected chi connectivity index (χ0v) is 19.5. The summed E-state index contributed by atoms with van der Waals surface area (Å²) in [6, 6.07) is 9.72. The van der Waals surface area contributed by atoms with Crippen LogP contribution in [0.15, 0.2) is 42.5 Å². The van der Waals surface area contributed by atoms with Gasteiger partial charge in [-0.15, -0.1) is 0 Å². The number of carbonyl (C=O) groups is 2. The first-order chi connectivity index (χ1) is 11.2. The Bertz CT molecular complexity index is 499. The van der Waals surface area contributed by atoms with E-state index >= 15 is 0 Å². The molecular weight excluding hydrogens is 481 g/mol. The Morgan fingerprint density at radius 2 is 1.83 bits per heavy atom. The molecular formula is C18H24HgO4. The molecule has 0 aliphatic carbocycles. The van der Waals surface area contributed by atoms with E-state index in [1.165, 1.54) is 0 Å². The summed E-state index contributed by atoms with van der Waals surface area (Å²) in [5.74, 6) is -0.534. The number of unbranched alkanes of at least 4 members (excludes halogenated alkanes) is 1. The Kier molecular flexibility index (Phi) is 10.6. The molecule has 0 N–H and O–H groups in total.